The number of carbonyl (C=O) groups excluding carboxylic acids is 2. The van der Waals surface area contributed by atoms with Crippen molar-refractivity contribution in [2.75, 3.05) is 6.54 Å². The van der Waals surface area contributed by atoms with E-state index < -0.39 is 23.4 Å². The molecule has 0 saturated carbocycles. The van der Waals surface area contributed by atoms with Crippen LogP contribution >= 0.6 is 11.6 Å². The fourth-order valence-corrected chi connectivity index (χ4v) is 2.79. The van der Waals surface area contributed by atoms with E-state index in [-0.39, 0.29) is 16.7 Å². The average Bonchev–Trinajstić information content (AvgIpc) is 2.69. The van der Waals surface area contributed by atoms with Crippen LogP contribution in [0.2, 0.25) is 5.02 Å². The summed E-state index contributed by atoms with van der Waals surface area (Å²) < 4.78 is 10.5. The van der Waals surface area contributed by atoms with Crippen LogP contribution in [-0.2, 0) is 16.0 Å². The maximum atomic E-state index is 12.3. The largest absolute Gasteiger partial charge is 0.449 e. The summed E-state index contributed by atoms with van der Waals surface area (Å²) in [7, 11) is 0. The molecule has 0 unspecified atom stereocenters. The molecule has 0 saturated heterocycles. The van der Waals surface area contributed by atoms with Gasteiger partial charge in [-0.1, -0.05) is 41.9 Å². The maximum Gasteiger partial charge on any atom is 0.375 e. The van der Waals surface area contributed by atoms with Crippen LogP contribution in [0.15, 0.2) is 63.8 Å². The molecule has 0 radical (unpaired) electrons. The van der Waals surface area contributed by atoms with E-state index in [4.69, 9.17) is 20.8 Å². The standard InChI is InChI=1S/C21H18ClNO5/c1-13(20(25)23-10-9-14-5-3-2-4-6-14)27-21(26)19-12-17(24)16-11-15(22)7-8-18(16)28-19/h2-8,11-13H,9-10H2,1H3,(H,23,25)/t13-/m1/s1. The van der Waals surface area contributed by atoms with Crippen molar-refractivity contribution in [2.45, 2.75) is 19.4 Å². The number of fused-ring (bicyclic) bond motifs is 1. The van der Waals surface area contributed by atoms with Gasteiger partial charge < -0.3 is 14.5 Å². The number of hydrogen-bond donors (Lipinski definition) is 1. The van der Waals surface area contributed by atoms with Crippen molar-refractivity contribution >= 4 is 34.4 Å². The van der Waals surface area contributed by atoms with Crippen LogP contribution in [0.4, 0.5) is 0 Å². The number of amides is 1. The number of hydrogen-bond acceptors (Lipinski definition) is 5. The Morgan fingerprint density at radius 2 is 1.89 bits per heavy atom. The van der Waals surface area contributed by atoms with Crippen LogP contribution in [0, 0.1) is 0 Å². The highest BCUT2D eigenvalue weighted by molar-refractivity contribution is 6.31. The minimum atomic E-state index is -1.03. The highest BCUT2D eigenvalue weighted by Gasteiger charge is 2.21. The first-order valence-electron chi connectivity index (χ1n) is 8.70. The van der Waals surface area contributed by atoms with E-state index in [1.807, 2.05) is 30.3 Å². The van der Waals surface area contributed by atoms with E-state index in [2.05, 4.69) is 5.32 Å². The third kappa shape index (κ3) is 4.78. The molecule has 0 fully saturated rings. The lowest BCUT2D eigenvalue weighted by molar-refractivity contribution is -0.129. The fourth-order valence-electron chi connectivity index (χ4n) is 2.62. The summed E-state index contributed by atoms with van der Waals surface area (Å²) in [6.07, 6.45) is -0.371. The van der Waals surface area contributed by atoms with Crippen LogP contribution in [0.25, 0.3) is 11.0 Å². The lowest BCUT2D eigenvalue weighted by atomic mass is 10.1. The number of halogens is 1. The molecule has 3 rings (SSSR count). The van der Waals surface area contributed by atoms with Crippen LogP contribution in [0.3, 0.4) is 0 Å². The quantitative estimate of drug-likeness (QED) is 0.642. The van der Waals surface area contributed by atoms with Crippen molar-refractivity contribution in [3.05, 3.63) is 81.2 Å². The van der Waals surface area contributed by atoms with Crippen molar-refractivity contribution in [3.8, 4) is 0 Å². The summed E-state index contributed by atoms with van der Waals surface area (Å²) in [5.74, 6) is -1.59. The third-order valence-corrected chi connectivity index (χ3v) is 4.33. The van der Waals surface area contributed by atoms with Crippen molar-refractivity contribution < 1.29 is 18.7 Å². The summed E-state index contributed by atoms with van der Waals surface area (Å²) in [5.41, 5.74) is 0.880. The normalized spacial score (nSPS) is 11.8. The van der Waals surface area contributed by atoms with Gasteiger partial charge in [-0.2, -0.15) is 0 Å². The summed E-state index contributed by atoms with van der Waals surface area (Å²) in [4.78, 5) is 36.5. The molecule has 3 aromatic rings. The van der Waals surface area contributed by atoms with E-state index in [9.17, 15) is 14.4 Å². The van der Waals surface area contributed by atoms with Crippen molar-refractivity contribution in [1.29, 1.82) is 0 Å². The molecule has 7 heteroatoms. The Hall–Kier alpha value is -3.12. The number of benzene rings is 2. The van der Waals surface area contributed by atoms with E-state index in [1.54, 1.807) is 6.07 Å². The Kier molecular flexibility index (Phi) is 6.11. The third-order valence-electron chi connectivity index (χ3n) is 4.10. The zero-order chi connectivity index (χ0) is 20.1. The van der Waals surface area contributed by atoms with Gasteiger partial charge in [0.25, 0.3) is 5.91 Å². The summed E-state index contributed by atoms with van der Waals surface area (Å²) in [6, 6.07) is 15.2. The first-order valence-corrected chi connectivity index (χ1v) is 9.08. The van der Waals surface area contributed by atoms with Crippen molar-refractivity contribution in [2.24, 2.45) is 0 Å². The minimum absolute atomic E-state index is 0.212. The molecule has 0 aliphatic carbocycles. The van der Waals surface area contributed by atoms with Gasteiger partial charge in [-0.05, 0) is 37.1 Å². The first kappa shape index (κ1) is 19.6. The molecule has 1 heterocycles. The molecule has 0 bridgehead atoms. The number of rotatable bonds is 6. The summed E-state index contributed by atoms with van der Waals surface area (Å²) >= 11 is 5.86. The van der Waals surface area contributed by atoms with Gasteiger partial charge in [0.05, 0.1) is 5.39 Å². The monoisotopic (exact) mass is 399 g/mol. The van der Waals surface area contributed by atoms with Crippen LogP contribution in [0.1, 0.15) is 23.0 Å². The molecule has 1 atom stereocenters. The molecule has 0 aliphatic heterocycles. The lowest BCUT2D eigenvalue weighted by Crippen LogP contribution is -2.37. The zero-order valence-electron chi connectivity index (χ0n) is 15.1. The molecular formula is C21H18ClNO5. The predicted octanol–water partition coefficient (Wildman–Crippen LogP) is 3.35. The highest BCUT2D eigenvalue weighted by Crippen LogP contribution is 2.18. The van der Waals surface area contributed by atoms with E-state index in [0.717, 1.165) is 11.6 Å². The summed E-state index contributed by atoms with van der Waals surface area (Å²) in [6.45, 7) is 1.87. The van der Waals surface area contributed by atoms with Gasteiger partial charge in [-0.25, -0.2) is 4.79 Å². The second-order valence-electron chi connectivity index (χ2n) is 6.19. The van der Waals surface area contributed by atoms with Gasteiger partial charge in [0.2, 0.25) is 5.76 Å². The van der Waals surface area contributed by atoms with Gasteiger partial charge >= 0.3 is 5.97 Å². The highest BCUT2D eigenvalue weighted by atomic mass is 35.5. The Morgan fingerprint density at radius 1 is 1.14 bits per heavy atom. The summed E-state index contributed by atoms with van der Waals surface area (Å²) in [5, 5.41) is 3.36. The lowest BCUT2D eigenvalue weighted by Gasteiger charge is -2.13. The Balaban J connectivity index is 1.60. The molecule has 0 spiro atoms. The van der Waals surface area contributed by atoms with E-state index >= 15 is 0 Å². The molecule has 1 N–H and O–H groups in total. The van der Waals surface area contributed by atoms with E-state index in [0.29, 0.717) is 18.0 Å². The van der Waals surface area contributed by atoms with Crippen LogP contribution < -0.4 is 10.7 Å². The van der Waals surface area contributed by atoms with Gasteiger partial charge in [0.1, 0.15) is 5.58 Å². The SMILES string of the molecule is C[C@@H](OC(=O)c1cc(=O)c2cc(Cl)ccc2o1)C(=O)NCCc1ccccc1. The van der Waals surface area contributed by atoms with Gasteiger partial charge in [0.15, 0.2) is 11.5 Å². The van der Waals surface area contributed by atoms with Crippen molar-refractivity contribution in [1.82, 2.24) is 5.32 Å². The second-order valence-corrected chi connectivity index (χ2v) is 6.63. The Labute approximate surface area is 166 Å². The molecule has 1 aromatic heterocycles. The van der Waals surface area contributed by atoms with Crippen LogP contribution in [-0.4, -0.2) is 24.5 Å². The number of nitrogens with one attached hydrogen (secondary N) is 1. The molecule has 2 aromatic carbocycles. The topological polar surface area (TPSA) is 85.6 Å². The molecule has 6 nitrogen and oxygen atoms in total. The maximum absolute atomic E-state index is 12.3. The number of ether oxygens (including phenoxy) is 1. The Morgan fingerprint density at radius 3 is 2.64 bits per heavy atom. The minimum Gasteiger partial charge on any atom is -0.449 e. The first-order chi connectivity index (χ1) is 13.4. The van der Waals surface area contributed by atoms with Crippen molar-refractivity contribution in [3.63, 3.8) is 0 Å². The fraction of sp³-hybridized carbons (Fsp3) is 0.190. The molecule has 28 heavy (non-hydrogen) atoms. The van der Waals surface area contributed by atoms with Crippen LogP contribution in [0.5, 0.6) is 0 Å². The average molecular weight is 400 g/mol. The molecular weight excluding hydrogens is 382 g/mol. The van der Waals surface area contributed by atoms with E-state index in [1.165, 1.54) is 19.1 Å². The number of carbonyl (C=O) groups is 2. The predicted molar refractivity (Wildman–Crippen MR) is 106 cm³/mol. The zero-order valence-corrected chi connectivity index (χ0v) is 15.9. The second kappa shape index (κ2) is 8.71. The molecule has 0 aliphatic rings. The van der Waals surface area contributed by atoms with Gasteiger partial charge in [-0.15, -0.1) is 0 Å². The van der Waals surface area contributed by atoms with Gasteiger partial charge in [-0.3, -0.25) is 9.59 Å². The Bertz CT molecular complexity index is 1060. The van der Waals surface area contributed by atoms with Gasteiger partial charge in [0, 0.05) is 17.6 Å². The molecule has 1 amide bonds. The molecule has 144 valence electrons. The number of esters is 1. The smallest absolute Gasteiger partial charge is 0.375 e.